The molecule has 2 unspecified atom stereocenters. The maximum absolute atomic E-state index is 11.9. The van der Waals surface area contributed by atoms with Crippen molar-refractivity contribution in [3.63, 3.8) is 0 Å². The molecule has 1 aliphatic carbocycles. The van der Waals surface area contributed by atoms with Crippen molar-refractivity contribution in [2.45, 2.75) is 38.6 Å². The van der Waals surface area contributed by atoms with E-state index in [1.165, 1.54) is 19.3 Å². The minimum absolute atomic E-state index is 0.142. The van der Waals surface area contributed by atoms with Crippen molar-refractivity contribution in [2.24, 2.45) is 11.8 Å². The van der Waals surface area contributed by atoms with E-state index in [1.807, 2.05) is 11.8 Å². The van der Waals surface area contributed by atoms with E-state index < -0.39 is 0 Å². The molecule has 0 aromatic heterocycles. The fourth-order valence-electron chi connectivity index (χ4n) is 2.98. The zero-order valence-corrected chi connectivity index (χ0v) is 11.8. The molecular formula is C14H26N2O3. The summed E-state index contributed by atoms with van der Waals surface area (Å²) in [5.74, 6) is 1.45. The van der Waals surface area contributed by atoms with E-state index in [2.05, 4.69) is 5.32 Å². The number of hydrogen-bond acceptors (Lipinski definition) is 4. The largest absolute Gasteiger partial charge is 0.450 e. The van der Waals surface area contributed by atoms with Crippen LogP contribution in [0.2, 0.25) is 0 Å². The van der Waals surface area contributed by atoms with E-state index in [-0.39, 0.29) is 18.7 Å². The van der Waals surface area contributed by atoms with E-state index >= 15 is 0 Å². The highest BCUT2D eigenvalue weighted by atomic mass is 16.6. The number of rotatable bonds is 6. The SMILES string of the molecule is CCOC(=O)N1CC(CC2CC2)CC(NCCO)C1. The Balaban J connectivity index is 1.87. The lowest BCUT2D eigenvalue weighted by Crippen LogP contribution is -2.52. The quantitative estimate of drug-likeness (QED) is 0.762. The molecule has 5 nitrogen and oxygen atoms in total. The Bertz CT molecular complexity index is 294. The summed E-state index contributed by atoms with van der Waals surface area (Å²) in [5.41, 5.74) is 0. The van der Waals surface area contributed by atoms with Crippen LogP contribution in [0.25, 0.3) is 0 Å². The molecule has 2 fully saturated rings. The second-order valence-corrected chi connectivity index (χ2v) is 5.76. The first kappa shape index (κ1) is 14.6. The molecule has 2 rings (SSSR count). The maximum Gasteiger partial charge on any atom is 0.409 e. The van der Waals surface area contributed by atoms with Crippen LogP contribution in [-0.4, -0.2) is 55.0 Å². The van der Waals surface area contributed by atoms with Crippen molar-refractivity contribution >= 4 is 6.09 Å². The first-order valence-corrected chi connectivity index (χ1v) is 7.48. The molecule has 1 aliphatic heterocycles. The van der Waals surface area contributed by atoms with Crippen LogP contribution in [0.5, 0.6) is 0 Å². The molecule has 0 bridgehead atoms. The van der Waals surface area contributed by atoms with Gasteiger partial charge in [0, 0.05) is 25.7 Å². The van der Waals surface area contributed by atoms with Crippen molar-refractivity contribution in [3.8, 4) is 0 Å². The summed E-state index contributed by atoms with van der Waals surface area (Å²) in [6, 6.07) is 0.286. The Morgan fingerprint density at radius 3 is 2.79 bits per heavy atom. The molecule has 2 atom stereocenters. The Hall–Kier alpha value is -0.810. The standard InChI is InChI=1S/C14H26N2O3/c1-2-19-14(18)16-9-12(7-11-3-4-11)8-13(10-16)15-5-6-17/h11-13,15,17H,2-10H2,1H3. The summed E-state index contributed by atoms with van der Waals surface area (Å²) in [4.78, 5) is 13.7. The first-order valence-electron chi connectivity index (χ1n) is 7.48. The topological polar surface area (TPSA) is 61.8 Å². The molecule has 2 aliphatic rings. The number of hydrogen-bond donors (Lipinski definition) is 2. The number of piperidine rings is 1. The molecule has 1 saturated carbocycles. The van der Waals surface area contributed by atoms with Gasteiger partial charge in [0.15, 0.2) is 0 Å². The van der Waals surface area contributed by atoms with Crippen LogP contribution >= 0.6 is 0 Å². The number of nitrogens with one attached hydrogen (secondary N) is 1. The molecule has 0 radical (unpaired) electrons. The lowest BCUT2D eigenvalue weighted by molar-refractivity contribution is 0.0757. The van der Waals surface area contributed by atoms with Crippen molar-refractivity contribution in [3.05, 3.63) is 0 Å². The molecular weight excluding hydrogens is 244 g/mol. The Labute approximate surface area is 115 Å². The highest BCUT2D eigenvalue weighted by Crippen LogP contribution is 2.37. The van der Waals surface area contributed by atoms with Gasteiger partial charge in [-0.05, 0) is 31.6 Å². The van der Waals surface area contributed by atoms with Gasteiger partial charge in [-0.15, -0.1) is 0 Å². The van der Waals surface area contributed by atoms with Crippen molar-refractivity contribution < 1.29 is 14.6 Å². The van der Waals surface area contributed by atoms with Crippen molar-refractivity contribution in [1.82, 2.24) is 10.2 Å². The van der Waals surface area contributed by atoms with Crippen LogP contribution in [-0.2, 0) is 4.74 Å². The molecule has 1 amide bonds. The van der Waals surface area contributed by atoms with Crippen LogP contribution in [0.4, 0.5) is 4.79 Å². The number of ether oxygens (including phenoxy) is 1. The van der Waals surface area contributed by atoms with Crippen LogP contribution in [0.3, 0.4) is 0 Å². The van der Waals surface area contributed by atoms with Gasteiger partial charge in [-0.25, -0.2) is 4.79 Å². The maximum atomic E-state index is 11.9. The summed E-state index contributed by atoms with van der Waals surface area (Å²) in [6.07, 6.45) is 4.84. The smallest absolute Gasteiger partial charge is 0.409 e. The molecule has 1 saturated heterocycles. The van der Waals surface area contributed by atoms with E-state index in [9.17, 15) is 4.79 Å². The van der Waals surface area contributed by atoms with Crippen molar-refractivity contribution in [1.29, 1.82) is 0 Å². The third-order valence-electron chi connectivity index (χ3n) is 3.97. The van der Waals surface area contributed by atoms with E-state index in [4.69, 9.17) is 9.84 Å². The number of carbonyl (C=O) groups is 1. The highest BCUT2D eigenvalue weighted by molar-refractivity contribution is 5.67. The number of carbonyl (C=O) groups excluding carboxylic acids is 1. The second kappa shape index (κ2) is 7.10. The number of likely N-dealkylation sites (tertiary alicyclic amines) is 1. The molecule has 0 spiro atoms. The van der Waals surface area contributed by atoms with Gasteiger partial charge in [0.2, 0.25) is 0 Å². The Kier molecular flexibility index (Phi) is 5.45. The van der Waals surface area contributed by atoms with E-state index in [1.54, 1.807) is 0 Å². The van der Waals surface area contributed by atoms with Gasteiger partial charge in [0.25, 0.3) is 0 Å². The summed E-state index contributed by atoms with van der Waals surface area (Å²) in [7, 11) is 0. The summed E-state index contributed by atoms with van der Waals surface area (Å²) in [6.45, 7) is 4.52. The van der Waals surface area contributed by atoms with Crippen LogP contribution < -0.4 is 5.32 Å². The average Bonchev–Trinajstić information content (AvgIpc) is 3.20. The van der Waals surface area contributed by atoms with E-state index in [0.717, 1.165) is 18.9 Å². The van der Waals surface area contributed by atoms with Gasteiger partial charge in [-0.3, -0.25) is 0 Å². The predicted molar refractivity (Wildman–Crippen MR) is 72.9 cm³/mol. The third-order valence-corrected chi connectivity index (χ3v) is 3.97. The summed E-state index contributed by atoms with van der Waals surface area (Å²) >= 11 is 0. The lowest BCUT2D eigenvalue weighted by Gasteiger charge is -2.37. The van der Waals surface area contributed by atoms with Gasteiger partial charge in [-0.1, -0.05) is 12.8 Å². The van der Waals surface area contributed by atoms with Crippen LogP contribution in [0.15, 0.2) is 0 Å². The molecule has 110 valence electrons. The number of aliphatic hydroxyl groups excluding tert-OH is 1. The molecule has 0 aromatic rings. The molecule has 5 heteroatoms. The van der Waals surface area contributed by atoms with Gasteiger partial charge < -0.3 is 20.1 Å². The monoisotopic (exact) mass is 270 g/mol. The van der Waals surface area contributed by atoms with E-state index in [0.29, 0.717) is 25.6 Å². The number of amides is 1. The fraction of sp³-hybridized carbons (Fsp3) is 0.929. The number of nitrogens with zero attached hydrogens (tertiary/aromatic N) is 1. The normalized spacial score (nSPS) is 27.4. The first-order chi connectivity index (χ1) is 9.22. The number of aliphatic hydroxyl groups is 1. The average molecular weight is 270 g/mol. The van der Waals surface area contributed by atoms with Gasteiger partial charge in [-0.2, -0.15) is 0 Å². The Morgan fingerprint density at radius 1 is 1.37 bits per heavy atom. The molecule has 2 N–H and O–H groups in total. The van der Waals surface area contributed by atoms with Gasteiger partial charge >= 0.3 is 6.09 Å². The van der Waals surface area contributed by atoms with Crippen molar-refractivity contribution in [2.75, 3.05) is 32.8 Å². The predicted octanol–water partition coefficient (Wildman–Crippen LogP) is 1.22. The van der Waals surface area contributed by atoms with Gasteiger partial charge in [0.1, 0.15) is 0 Å². The molecule has 0 aromatic carbocycles. The zero-order valence-electron chi connectivity index (χ0n) is 11.8. The fourth-order valence-corrected chi connectivity index (χ4v) is 2.98. The molecule has 1 heterocycles. The van der Waals surface area contributed by atoms with Gasteiger partial charge in [0.05, 0.1) is 13.2 Å². The summed E-state index contributed by atoms with van der Waals surface area (Å²) in [5, 5.41) is 12.2. The van der Waals surface area contributed by atoms with Crippen LogP contribution in [0, 0.1) is 11.8 Å². The second-order valence-electron chi connectivity index (χ2n) is 5.76. The zero-order chi connectivity index (χ0) is 13.7. The minimum atomic E-state index is -0.196. The summed E-state index contributed by atoms with van der Waals surface area (Å²) < 4.78 is 5.11. The minimum Gasteiger partial charge on any atom is -0.450 e. The lowest BCUT2D eigenvalue weighted by atomic mass is 9.90. The Morgan fingerprint density at radius 2 is 2.16 bits per heavy atom. The third kappa shape index (κ3) is 4.66. The highest BCUT2D eigenvalue weighted by Gasteiger charge is 2.34. The molecule has 19 heavy (non-hydrogen) atoms. The van der Waals surface area contributed by atoms with Crippen LogP contribution in [0.1, 0.15) is 32.6 Å².